The van der Waals surface area contributed by atoms with Gasteiger partial charge >= 0.3 is 0 Å². The summed E-state index contributed by atoms with van der Waals surface area (Å²) in [4.78, 5) is 11.7. The zero-order chi connectivity index (χ0) is 20.5. The van der Waals surface area contributed by atoms with Crippen molar-refractivity contribution in [3.05, 3.63) is 53.6 Å². The van der Waals surface area contributed by atoms with E-state index in [9.17, 15) is 18.3 Å². The van der Waals surface area contributed by atoms with Gasteiger partial charge in [-0.15, -0.1) is 0 Å². The number of sulfonamides is 1. The van der Waals surface area contributed by atoms with Gasteiger partial charge in [-0.2, -0.15) is 0 Å². The summed E-state index contributed by atoms with van der Waals surface area (Å²) in [6.45, 7) is 3.36. The van der Waals surface area contributed by atoms with Gasteiger partial charge in [-0.25, -0.2) is 8.42 Å². The van der Waals surface area contributed by atoms with Gasteiger partial charge in [-0.3, -0.25) is 9.10 Å². The van der Waals surface area contributed by atoms with Crippen LogP contribution in [0.25, 0.3) is 0 Å². The van der Waals surface area contributed by atoms with Gasteiger partial charge in [0.25, 0.3) is 10.0 Å². The van der Waals surface area contributed by atoms with Crippen LogP contribution >= 0.6 is 0 Å². The van der Waals surface area contributed by atoms with Crippen molar-refractivity contribution < 1.29 is 23.1 Å². The molecule has 3 rings (SSSR count). The molecule has 1 aliphatic rings. The van der Waals surface area contributed by atoms with Crippen LogP contribution in [0.2, 0.25) is 0 Å². The molecule has 0 fully saturated rings. The van der Waals surface area contributed by atoms with Crippen LogP contribution in [-0.2, 0) is 14.8 Å². The van der Waals surface area contributed by atoms with Crippen LogP contribution in [0.4, 0.5) is 5.69 Å². The summed E-state index contributed by atoms with van der Waals surface area (Å²) in [7, 11) is -2.37. The molecule has 0 saturated heterocycles. The molecule has 0 aliphatic carbocycles. The summed E-state index contributed by atoms with van der Waals surface area (Å²) in [5, 5.41) is 13.5. The number of rotatable bonds is 4. The normalized spacial score (nSPS) is 19.5. The van der Waals surface area contributed by atoms with Gasteiger partial charge in [0.1, 0.15) is 11.9 Å². The van der Waals surface area contributed by atoms with Crippen molar-refractivity contribution in [2.75, 3.05) is 18.0 Å². The smallest absolute Gasteiger partial charge is 0.264 e. The predicted octanol–water partition coefficient (Wildman–Crippen LogP) is 2.14. The number of hydrogen-bond acceptors (Lipinski definition) is 5. The Morgan fingerprint density at radius 1 is 1.21 bits per heavy atom. The van der Waals surface area contributed by atoms with E-state index in [1.807, 2.05) is 6.92 Å². The predicted molar refractivity (Wildman–Crippen MR) is 106 cm³/mol. The fraction of sp³-hybridized carbons (Fsp3) is 0.350. The Morgan fingerprint density at radius 2 is 1.89 bits per heavy atom. The zero-order valence-electron chi connectivity index (χ0n) is 16.0. The number of aliphatic hydroxyl groups excluding tert-OH is 1. The number of carbonyl (C=O) groups excluding carboxylic acids is 1. The van der Waals surface area contributed by atoms with E-state index >= 15 is 0 Å². The molecular formula is C20H24N2O5S. The first kappa shape index (κ1) is 20.2. The van der Waals surface area contributed by atoms with Crippen LogP contribution in [-0.4, -0.2) is 39.1 Å². The lowest BCUT2D eigenvalue weighted by Gasteiger charge is -2.25. The summed E-state index contributed by atoms with van der Waals surface area (Å²) >= 11 is 0. The van der Waals surface area contributed by atoms with Crippen LogP contribution in [0.3, 0.4) is 0 Å². The highest BCUT2D eigenvalue weighted by molar-refractivity contribution is 7.92. The molecule has 0 aromatic heterocycles. The minimum atomic E-state index is -3.86. The van der Waals surface area contributed by atoms with Crippen molar-refractivity contribution >= 4 is 21.6 Å². The van der Waals surface area contributed by atoms with E-state index in [0.717, 1.165) is 5.56 Å². The maximum absolute atomic E-state index is 13.4. The highest BCUT2D eigenvalue weighted by Crippen LogP contribution is 2.38. The average molecular weight is 404 g/mol. The fourth-order valence-electron chi connectivity index (χ4n) is 3.37. The second-order valence-electron chi connectivity index (χ2n) is 6.86. The lowest BCUT2D eigenvalue weighted by molar-refractivity contribution is -0.120. The molecule has 0 unspecified atom stereocenters. The molecule has 0 spiro atoms. The molecule has 8 heteroatoms. The Morgan fingerprint density at radius 3 is 2.50 bits per heavy atom. The number of methoxy groups -OCH3 is 1. The molecule has 0 radical (unpaired) electrons. The van der Waals surface area contributed by atoms with E-state index in [1.54, 1.807) is 42.5 Å². The van der Waals surface area contributed by atoms with Crippen LogP contribution < -0.4 is 14.4 Å². The molecule has 2 aromatic carbocycles. The summed E-state index contributed by atoms with van der Waals surface area (Å²) in [6.07, 6.45) is -0.772. The zero-order valence-corrected chi connectivity index (χ0v) is 16.9. The van der Waals surface area contributed by atoms with Gasteiger partial charge in [-0.05, 0) is 31.5 Å². The highest BCUT2D eigenvalue weighted by Gasteiger charge is 2.35. The number of benzene rings is 2. The largest absolute Gasteiger partial charge is 0.497 e. The molecule has 7 nitrogen and oxygen atoms in total. The molecular weight excluding hydrogens is 380 g/mol. The second-order valence-corrected chi connectivity index (χ2v) is 8.72. The van der Waals surface area contributed by atoms with E-state index in [0.29, 0.717) is 17.0 Å². The number of fused-ring (bicyclic) bond motifs is 1. The van der Waals surface area contributed by atoms with Gasteiger partial charge in [0.05, 0.1) is 23.7 Å². The highest BCUT2D eigenvalue weighted by atomic mass is 32.2. The first-order chi connectivity index (χ1) is 13.2. The topological polar surface area (TPSA) is 95.9 Å². The van der Waals surface area contributed by atoms with Crippen molar-refractivity contribution in [2.24, 2.45) is 0 Å². The number of nitrogens with one attached hydrogen (secondary N) is 1. The first-order valence-electron chi connectivity index (χ1n) is 8.96. The Hall–Kier alpha value is -2.58. The number of aliphatic hydroxyl groups is 1. The molecule has 28 heavy (non-hydrogen) atoms. The number of hydrogen-bond donors (Lipinski definition) is 2. The molecule has 1 amide bonds. The van der Waals surface area contributed by atoms with Crippen molar-refractivity contribution in [3.8, 4) is 5.75 Å². The lowest BCUT2D eigenvalue weighted by Crippen LogP contribution is -2.39. The third-order valence-electron chi connectivity index (χ3n) is 4.85. The van der Waals surface area contributed by atoms with Gasteiger partial charge in [0, 0.05) is 25.1 Å². The molecule has 2 atom stereocenters. The Bertz CT molecular complexity index is 973. The van der Waals surface area contributed by atoms with Gasteiger partial charge in [-0.1, -0.05) is 23.8 Å². The number of anilines is 1. The number of amides is 1. The number of ether oxygens (including phenoxy) is 1. The van der Waals surface area contributed by atoms with E-state index in [-0.39, 0.29) is 23.8 Å². The van der Waals surface area contributed by atoms with Crippen LogP contribution in [0.5, 0.6) is 5.75 Å². The maximum Gasteiger partial charge on any atom is 0.264 e. The van der Waals surface area contributed by atoms with Crippen molar-refractivity contribution in [3.63, 3.8) is 0 Å². The quantitative estimate of drug-likeness (QED) is 0.814. The SMILES string of the molecule is COc1ccc2c(c1)N(S(=O)(=O)c1ccc(C)cc1)CC[C@H](NC(C)=O)[C@@H]2O. The summed E-state index contributed by atoms with van der Waals surface area (Å²) in [6, 6.07) is 10.9. The molecule has 1 aliphatic heterocycles. The standard InChI is InChI=1S/C20H24N2O5S/c1-13-4-7-16(8-5-13)28(25,26)22-11-10-18(21-14(2)23)20(24)17-9-6-15(27-3)12-19(17)22/h4-9,12,18,20,24H,10-11H2,1-3H3,(H,21,23)/t18-,20+/m0/s1. The minimum absolute atomic E-state index is 0.110. The molecule has 0 bridgehead atoms. The monoisotopic (exact) mass is 404 g/mol. The minimum Gasteiger partial charge on any atom is -0.497 e. The van der Waals surface area contributed by atoms with Gasteiger partial charge in [0.2, 0.25) is 5.91 Å². The number of carbonyl (C=O) groups is 1. The molecule has 0 saturated carbocycles. The summed E-state index contributed by atoms with van der Waals surface area (Å²) < 4.78 is 33.3. The number of aryl methyl sites for hydroxylation is 1. The second kappa shape index (κ2) is 7.81. The Kier molecular flexibility index (Phi) is 5.62. The maximum atomic E-state index is 13.4. The van der Waals surface area contributed by atoms with Crippen LogP contribution in [0, 0.1) is 6.92 Å². The third-order valence-corrected chi connectivity index (χ3v) is 6.67. The first-order valence-corrected chi connectivity index (χ1v) is 10.4. The number of nitrogens with zero attached hydrogens (tertiary/aromatic N) is 1. The molecule has 2 aromatic rings. The van der Waals surface area contributed by atoms with E-state index in [4.69, 9.17) is 4.74 Å². The van der Waals surface area contributed by atoms with Gasteiger partial charge in [0.15, 0.2) is 0 Å². The third kappa shape index (κ3) is 3.83. The van der Waals surface area contributed by atoms with Crippen molar-refractivity contribution in [1.82, 2.24) is 5.32 Å². The van der Waals surface area contributed by atoms with E-state index in [1.165, 1.54) is 18.3 Å². The van der Waals surface area contributed by atoms with Crippen molar-refractivity contribution in [2.45, 2.75) is 37.3 Å². The van der Waals surface area contributed by atoms with Gasteiger partial charge < -0.3 is 15.2 Å². The summed E-state index contributed by atoms with van der Waals surface area (Å²) in [5.41, 5.74) is 1.73. The Balaban J connectivity index is 2.12. The Labute approximate surface area is 165 Å². The molecule has 150 valence electrons. The molecule has 2 N–H and O–H groups in total. The molecule has 1 heterocycles. The average Bonchev–Trinajstić information content (AvgIpc) is 2.79. The summed E-state index contributed by atoms with van der Waals surface area (Å²) in [5.74, 6) is 0.196. The van der Waals surface area contributed by atoms with Crippen molar-refractivity contribution in [1.29, 1.82) is 0 Å². The van der Waals surface area contributed by atoms with E-state index < -0.39 is 22.2 Å². The van der Waals surface area contributed by atoms with Crippen LogP contribution in [0.1, 0.15) is 30.6 Å². The fourth-order valence-corrected chi connectivity index (χ4v) is 4.86. The lowest BCUT2D eigenvalue weighted by atomic mass is 10.00. The van der Waals surface area contributed by atoms with Crippen LogP contribution in [0.15, 0.2) is 47.4 Å². The van der Waals surface area contributed by atoms with E-state index in [2.05, 4.69) is 5.32 Å².